The van der Waals surface area contributed by atoms with Gasteiger partial charge in [-0.25, -0.2) is 0 Å². The molecule has 4 aliphatic rings. The Labute approximate surface area is 197 Å². The Morgan fingerprint density at radius 1 is 0.903 bits per heavy atom. The van der Waals surface area contributed by atoms with Crippen molar-refractivity contribution in [3.05, 3.63) is 20.2 Å². The Bertz CT molecular complexity index is 595. The van der Waals surface area contributed by atoms with E-state index in [1.807, 2.05) is 6.92 Å². The van der Waals surface area contributed by atoms with E-state index in [4.69, 9.17) is 18.9 Å². The molecule has 4 aliphatic heterocycles. The van der Waals surface area contributed by atoms with Crippen LogP contribution in [0.1, 0.15) is 13.8 Å². The molecule has 0 bridgehead atoms. The summed E-state index contributed by atoms with van der Waals surface area (Å²) in [6, 6.07) is 0. The summed E-state index contributed by atoms with van der Waals surface area (Å²) >= 11 is 9.13. The predicted molar refractivity (Wildman–Crippen MR) is 117 cm³/mol. The first-order chi connectivity index (χ1) is 14.8. The largest absolute Gasteiger partial charge is 0.372 e. The van der Waals surface area contributed by atoms with E-state index in [0.717, 1.165) is 11.1 Å². The highest BCUT2D eigenvalue weighted by atomic mass is 79.9. The molecule has 8 atom stereocenters. The van der Waals surface area contributed by atoms with Crippen molar-refractivity contribution in [1.82, 2.24) is 0 Å². The van der Waals surface area contributed by atoms with Gasteiger partial charge in [-0.05, 0) is 5.75 Å². The third-order valence-electron chi connectivity index (χ3n) is 4.77. The third-order valence-corrected chi connectivity index (χ3v) is 6.38. The van der Waals surface area contributed by atoms with E-state index < -0.39 is 22.4 Å². The van der Waals surface area contributed by atoms with E-state index in [9.17, 15) is 20.2 Å². The van der Waals surface area contributed by atoms with Crippen LogP contribution in [-0.2, 0) is 28.6 Å². The lowest BCUT2D eigenvalue weighted by atomic mass is 10.1. The van der Waals surface area contributed by atoms with Crippen molar-refractivity contribution in [3.63, 3.8) is 0 Å². The molecule has 4 saturated heterocycles. The number of alkyl halides is 1. The van der Waals surface area contributed by atoms with Gasteiger partial charge in [0.2, 0.25) is 0 Å². The molecule has 0 N–H and O–H groups in total. The summed E-state index contributed by atoms with van der Waals surface area (Å²) in [6.07, 6.45) is -2.01. The summed E-state index contributed by atoms with van der Waals surface area (Å²) < 4.78 is 21.5. The average molecular weight is 551 g/mol. The zero-order valence-electron chi connectivity index (χ0n) is 17.1. The van der Waals surface area contributed by atoms with Crippen LogP contribution in [0.4, 0.5) is 0 Å². The first kappa shape index (κ1) is 26.7. The topological polar surface area (TPSA) is 142 Å². The number of thioether (sulfide) groups is 1. The van der Waals surface area contributed by atoms with Crippen LogP contribution in [0.15, 0.2) is 0 Å². The molecule has 0 saturated carbocycles. The standard InChI is InChI=1S/C8H13NO5S.C6H9NO5S.C2H5Br/c1-2-15-6-4-13-7-5(14-9(10)11)3-12-8(6)7;8-7(9)12-3-1-10-6-4(13)2-11-5(3)6;1-2-3/h5-8H,2-4H2,1H3;3-6,13H,1-2H2;2H2,1H3/t5-,6+,7-,8-;3-,4+,5-,6-;/m11./s1. The molecule has 0 unspecified atom stereocenters. The molecule has 4 fully saturated rings. The number of ether oxygens (including phenoxy) is 4. The monoisotopic (exact) mass is 550 g/mol. The molecule has 0 amide bonds. The van der Waals surface area contributed by atoms with Gasteiger partial charge in [0.1, 0.15) is 18.3 Å². The summed E-state index contributed by atoms with van der Waals surface area (Å²) in [6.45, 7) is 5.60. The van der Waals surface area contributed by atoms with E-state index in [1.54, 1.807) is 11.8 Å². The number of hydrogen-bond donors (Lipinski definition) is 1. The first-order valence-corrected chi connectivity index (χ1v) is 12.4. The minimum absolute atomic E-state index is 0.00893. The van der Waals surface area contributed by atoms with Gasteiger partial charge in [-0.1, -0.05) is 29.8 Å². The van der Waals surface area contributed by atoms with Gasteiger partial charge in [0.05, 0.1) is 43.0 Å². The third kappa shape index (κ3) is 7.47. The maximum atomic E-state index is 10.2. The van der Waals surface area contributed by atoms with Crippen molar-refractivity contribution in [3.8, 4) is 0 Å². The van der Waals surface area contributed by atoms with Crippen molar-refractivity contribution in [2.45, 2.75) is 61.0 Å². The fourth-order valence-electron chi connectivity index (χ4n) is 3.63. The molecule has 180 valence electrons. The molecule has 0 aromatic carbocycles. The fourth-order valence-corrected chi connectivity index (χ4v) is 5.00. The molecule has 0 spiro atoms. The number of thiol groups is 1. The zero-order chi connectivity index (χ0) is 23.0. The minimum Gasteiger partial charge on any atom is -0.372 e. The number of hydrogen-bond acceptors (Lipinski definition) is 12. The molecule has 15 heteroatoms. The summed E-state index contributed by atoms with van der Waals surface area (Å²) in [5.41, 5.74) is 0. The molecular formula is C16H27BrN2O10S2. The number of nitrogens with zero attached hydrogens (tertiary/aromatic N) is 2. The van der Waals surface area contributed by atoms with Crippen molar-refractivity contribution in [2.24, 2.45) is 0 Å². The Morgan fingerprint density at radius 2 is 1.35 bits per heavy atom. The van der Waals surface area contributed by atoms with Crippen molar-refractivity contribution in [2.75, 3.05) is 37.5 Å². The number of rotatable bonds is 6. The summed E-state index contributed by atoms with van der Waals surface area (Å²) in [5, 5.41) is 20.0. The van der Waals surface area contributed by atoms with Crippen molar-refractivity contribution in [1.29, 1.82) is 0 Å². The van der Waals surface area contributed by atoms with Crippen LogP contribution in [0, 0.1) is 20.2 Å². The lowest BCUT2D eigenvalue weighted by molar-refractivity contribution is -0.769. The maximum Gasteiger partial charge on any atom is 0.294 e. The molecule has 0 radical (unpaired) electrons. The van der Waals surface area contributed by atoms with Gasteiger partial charge >= 0.3 is 0 Å². The number of halogens is 1. The van der Waals surface area contributed by atoms with Gasteiger partial charge in [-0.2, -0.15) is 24.4 Å². The molecule has 4 rings (SSSR count). The van der Waals surface area contributed by atoms with Gasteiger partial charge < -0.3 is 28.6 Å². The quantitative estimate of drug-likeness (QED) is 0.222. The Hall–Kier alpha value is -0.580. The van der Waals surface area contributed by atoms with Crippen molar-refractivity contribution >= 4 is 40.3 Å². The van der Waals surface area contributed by atoms with Crippen LogP contribution in [0.25, 0.3) is 0 Å². The molecular weight excluding hydrogens is 524 g/mol. The normalized spacial score (nSPS) is 37.5. The predicted octanol–water partition coefficient (Wildman–Crippen LogP) is 1.54. The van der Waals surface area contributed by atoms with E-state index in [-0.39, 0.29) is 48.1 Å². The molecule has 0 aliphatic carbocycles. The fraction of sp³-hybridized carbons (Fsp3) is 1.00. The molecule has 31 heavy (non-hydrogen) atoms. The van der Waals surface area contributed by atoms with E-state index >= 15 is 0 Å². The highest BCUT2D eigenvalue weighted by Crippen LogP contribution is 2.35. The molecule has 0 aromatic rings. The maximum absolute atomic E-state index is 10.2. The van der Waals surface area contributed by atoms with Crippen LogP contribution in [0.3, 0.4) is 0 Å². The lowest BCUT2D eigenvalue weighted by Gasteiger charge is -2.14. The summed E-state index contributed by atoms with van der Waals surface area (Å²) in [5.74, 6) is 0.987. The first-order valence-electron chi connectivity index (χ1n) is 9.76. The van der Waals surface area contributed by atoms with Gasteiger partial charge in [0, 0.05) is 5.33 Å². The highest BCUT2D eigenvalue weighted by Gasteiger charge is 2.49. The Morgan fingerprint density at radius 3 is 1.87 bits per heavy atom. The summed E-state index contributed by atoms with van der Waals surface area (Å²) in [4.78, 5) is 29.2. The second-order valence-corrected chi connectivity index (χ2v) is 10.1. The van der Waals surface area contributed by atoms with E-state index in [0.29, 0.717) is 13.2 Å². The average Bonchev–Trinajstić information content (AvgIpc) is 3.44. The Kier molecular flexibility index (Phi) is 11.4. The van der Waals surface area contributed by atoms with Crippen LogP contribution in [0.2, 0.25) is 0 Å². The minimum atomic E-state index is -0.814. The molecule has 0 aromatic heterocycles. The molecule has 4 heterocycles. The van der Waals surface area contributed by atoms with Crippen LogP contribution in [-0.4, -0.2) is 94.8 Å². The number of fused-ring (bicyclic) bond motifs is 2. The van der Waals surface area contributed by atoms with Crippen LogP contribution < -0.4 is 0 Å². The van der Waals surface area contributed by atoms with Crippen LogP contribution in [0.5, 0.6) is 0 Å². The second-order valence-electron chi connectivity index (χ2n) is 6.76. The van der Waals surface area contributed by atoms with E-state index in [2.05, 4.69) is 45.2 Å². The Balaban J connectivity index is 0.000000197. The van der Waals surface area contributed by atoms with Crippen molar-refractivity contribution < 1.29 is 38.8 Å². The lowest BCUT2D eigenvalue weighted by Crippen LogP contribution is -2.33. The van der Waals surface area contributed by atoms with Gasteiger partial charge in [0.15, 0.2) is 12.2 Å². The van der Waals surface area contributed by atoms with Gasteiger partial charge in [0.25, 0.3) is 10.2 Å². The second kappa shape index (κ2) is 13.2. The SMILES string of the molecule is CCBr.CCS[C@H]1CO[C@H]2[C@@H]1OC[C@H]2O[N+](=O)[O-].O=[N+]([O-])O[C@@H]1CO[C@H]2[C@@H]1OC[C@@H]2S. The van der Waals surface area contributed by atoms with Gasteiger partial charge in [-0.3, -0.25) is 0 Å². The zero-order valence-corrected chi connectivity index (χ0v) is 20.4. The van der Waals surface area contributed by atoms with Gasteiger partial charge in [-0.15, -0.1) is 20.2 Å². The molecule has 12 nitrogen and oxygen atoms in total. The smallest absolute Gasteiger partial charge is 0.294 e. The summed E-state index contributed by atoms with van der Waals surface area (Å²) in [7, 11) is 0. The van der Waals surface area contributed by atoms with E-state index in [1.165, 1.54) is 0 Å². The highest BCUT2D eigenvalue weighted by molar-refractivity contribution is 9.09. The van der Waals surface area contributed by atoms with Crippen LogP contribution >= 0.6 is 40.3 Å².